The third-order valence-corrected chi connectivity index (χ3v) is 4.39. The highest BCUT2D eigenvalue weighted by Crippen LogP contribution is 2.20. The fraction of sp³-hybridized carbons (Fsp3) is 0.529. The summed E-state index contributed by atoms with van der Waals surface area (Å²) in [6.07, 6.45) is 8.06. The Morgan fingerprint density at radius 3 is 2.89 bits per heavy atom. The van der Waals surface area contributed by atoms with E-state index in [9.17, 15) is 4.39 Å². The van der Waals surface area contributed by atoms with Gasteiger partial charge in [0.2, 0.25) is 0 Å². The number of hydrogen-bond acceptors (Lipinski definition) is 5. The zero-order chi connectivity index (χ0) is 18.2. The van der Waals surface area contributed by atoms with Crippen LogP contribution in [0.4, 0.5) is 10.2 Å². The molecule has 1 fully saturated rings. The van der Waals surface area contributed by atoms with Crippen LogP contribution < -0.4 is 15.5 Å². The molecule has 8 nitrogen and oxygen atoms in total. The number of nitrogens with zero attached hydrogens (tertiary/aromatic N) is 6. The van der Waals surface area contributed by atoms with Crippen molar-refractivity contribution in [2.75, 3.05) is 31.6 Å². The average molecular weight is 488 g/mol. The Kier molecular flexibility index (Phi) is 8.69. The van der Waals surface area contributed by atoms with Crippen molar-refractivity contribution >= 4 is 35.8 Å². The zero-order valence-corrected chi connectivity index (χ0v) is 17.7. The van der Waals surface area contributed by atoms with E-state index in [0.717, 1.165) is 44.9 Å². The molecule has 1 aliphatic rings. The van der Waals surface area contributed by atoms with E-state index in [0.29, 0.717) is 12.4 Å². The van der Waals surface area contributed by atoms with Gasteiger partial charge in [0, 0.05) is 45.5 Å². The summed E-state index contributed by atoms with van der Waals surface area (Å²) in [6, 6.07) is 3.28. The van der Waals surface area contributed by atoms with Crippen LogP contribution >= 0.6 is 24.0 Å². The molecule has 3 heterocycles. The Morgan fingerprint density at radius 1 is 1.33 bits per heavy atom. The van der Waals surface area contributed by atoms with Gasteiger partial charge in [0.25, 0.3) is 0 Å². The van der Waals surface area contributed by atoms with Crippen molar-refractivity contribution in [1.29, 1.82) is 0 Å². The molecular formula is C17H26FIN8. The molecule has 0 aliphatic carbocycles. The molecule has 0 spiro atoms. The molecule has 0 radical (unpaired) electrons. The van der Waals surface area contributed by atoms with Crippen molar-refractivity contribution in [2.24, 2.45) is 4.99 Å². The lowest BCUT2D eigenvalue weighted by molar-refractivity contribution is 0.590. The first-order valence-electron chi connectivity index (χ1n) is 8.91. The minimum atomic E-state index is -0.274. The smallest absolute Gasteiger partial charge is 0.191 e. The highest BCUT2D eigenvalue weighted by molar-refractivity contribution is 14.0. The summed E-state index contributed by atoms with van der Waals surface area (Å²) in [5.41, 5.74) is 0. The molecule has 148 valence electrons. The summed E-state index contributed by atoms with van der Waals surface area (Å²) >= 11 is 0. The van der Waals surface area contributed by atoms with Gasteiger partial charge in [-0.05, 0) is 31.4 Å². The number of halogens is 2. The number of guanidine groups is 1. The van der Waals surface area contributed by atoms with Crippen molar-refractivity contribution in [1.82, 2.24) is 30.4 Å². The standard InChI is InChI=1S/C17H25FN8.HI/c1-19-17(21-7-2-3-9-25-12-22-23-13-25)24-14-6-10-26(11-14)16-15(18)5-4-8-20-16;/h4-5,8,12-14H,2-3,6-7,9-11H2,1H3,(H2,19,21,24);1H. The summed E-state index contributed by atoms with van der Waals surface area (Å²) in [5.74, 6) is 0.931. The highest BCUT2D eigenvalue weighted by Gasteiger charge is 2.25. The van der Waals surface area contributed by atoms with E-state index in [1.807, 2.05) is 9.47 Å². The number of aliphatic imine (C=N–C) groups is 1. The second kappa shape index (κ2) is 11.0. The van der Waals surface area contributed by atoms with Gasteiger partial charge >= 0.3 is 0 Å². The highest BCUT2D eigenvalue weighted by atomic mass is 127. The van der Waals surface area contributed by atoms with Gasteiger partial charge in [-0.2, -0.15) is 0 Å². The largest absolute Gasteiger partial charge is 0.356 e. The molecule has 1 saturated heterocycles. The molecule has 0 saturated carbocycles. The van der Waals surface area contributed by atoms with E-state index in [1.54, 1.807) is 32.0 Å². The molecule has 2 aromatic heterocycles. The number of unbranched alkanes of at least 4 members (excludes halogenated alkanes) is 1. The van der Waals surface area contributed by atoms with E-state index < -0.39 is 0 Å². The van der Waals surface area contributed by atoms with Crippen LogP contribution in [0.3, 0.4) is 0 Å². The lowest BCUT2D eigenvalue weighted by Gasteiger charge is -2.20. The van der Waals surface area contributed by atoms with Crippen molar-refractivity contribution in [3.05, 3.63) is 36.8 Å². The molecule has 2 N–H and O–H groups in total. The normalized spacial score (nSPS) is 16.9. The second-order valence-electron chi connectivity index (χ2n) is 6.29. The fourth-order valence-electron chi connectivity index (χ4n) is 3.03. The number of pyridine rings is 1. The predicted molar refractivity (Wildman–Crippen MR) is 114 cm³/mol. The van der Waals surface area contributed by atoms with Crippen molar-refractivity contribution in [3.8, 4) is 0 Å². The topological polar surface area (TPSA) is 83.3 Å². The lowest BCUT2D eigenvalue weighted by atomic mass is 10.2. The summed E-state index contributed by atoms with van der Waals surface area (Å²) < 4.78 is 15.8. The van der Waals surface area contributed by atoms with Gasteiger partial charge < -0.3 is 20.1 Å². The maximum absolute atomic E-state index is 13.9. The molecule has 3 rings (SSSR count). The minimum absolute atomic E-state index is 0. The summed E-state index contributed by atoms with van der Waals surface area (Å²) in [5, 5.41) is 14.3. The number of aryl methyl sites for hydroxylation is 1. The second-order valence-corrected chi connectivity index (χ2v) is 6.29. The predicted octanol–water partition coefficient (Wildman–Crippen LogP) is 1.65. The van der Waals surface area contributed by atoms with Crippen LogP contribution in [0.5, 0.6) is 0 Å². The SMILES string of the molecule is CN=C(NCCCCn1cnnc1)NC1CCN(c2ncccc2F)C1.I. The lowest BCUT2D eigenvalue weighted by Crippen LogP contribution is -2.45. The fourth-order valence-corrected chi connectivity index (χ4v) is 3.03. The van der Waals surface area contributed by atoms with Gasteiger partial charge in [-0.25, -0.2) is 9.37 Å². The molecule has 1 aliphatic heterocycles. The Labute approximate surface area is 175 Å². The zero-order valence-electron chi connectivity index (χ0n) is 15.4. The molecule has 0 bridgehead atoms. The van der Waals surface area contributed by atoms with Crippen molar-refractivity contribution in [3.63, 3.8) is 0 Å². The van der Waals surface area contributed by atoms with Crippen LogP contribution in [0.1, 0.15) is 19.3 Å². The van der Waals surface area contributed by atoms with Crippen molar-refractivity contribution in [2.45, 2.75) is 31.8 Å². The third kappa shape index (κ3) is 6.29. The van der Waals surface area contributed by atoms with Gasteiger partial charge in [-0.15, -0.1) is 34.2 Å². The van der Waals surface area contributed by atoms with Gasteiger partial charge in [-0.1, -0.05) is 0 Å². The molecular weight excluding hydrogens is 462 g/mol. The average Bonchev–Trinajstić information content (AvgIpc) is 3.33. The Morgan fingerprint density at radius 2 is 2.15 bits per heavy atom. The van der Waals surface area contributed by atoms with Gasteiger partial charge in [0.1, 0.15) is 12.7 Å². The molecule has 1 atom stereocenters. The van der Waals surface area contributed by atoms with Crippen LogP contribution in [-0.2, 0) is 6.54 Å². The van der Waals surface area contributed by atoms with E-state index in [-0.39, 0.29) is 35.8 Å². The molecule has 0 aromatic carbocycles. The van der Waals surface area contributed by atoms with Crippen LogP contribution in [0.15, 0.2) is 36.0 Å². The van der Waals surface area contributed by atoms with E-state index in [2.05, 4.69) is 30.8 Å². The van der Waals surface area contributed by atoms with E-state index in [1.165, 1.54) is 6.07 Å². The molecule has 2 aromatic rings. The first kappa shape index (κ1) is 21.3. The summed E-state index contributed by atoms with van der Waals surface area (Å²) in [6.45, 7) is 3.24. The van der Waals surface area contributed by atoms with Crippen LogP contribution in [0.2, 0.25) is 0 Å². The van der Waals surface area contributed by atoms with Crippen LogP contribution in [0, 0.1) is 5.82 Å². The first-order valence-corrected chi connectivity index (χ1v) is 8.91. The maximum Gasteiger partial charge on any atom is 0.191 e. The summed E-state index contributed by atoms with van der Waals surface area (Å²) in [4.78, 5) is 10.4. The molecule has 1 unspecified atom stereocenters. The van der Waals surface area contributed by atoms with E-state index in [4.69, 9.17) is 0 Å². The quantitative estimate of drug-likeness (QED) is 0.267. The first-order chi connectivity index (χ1) is 12.8. The number of anilines is 1. The molecule has 0 amide bonds. The van der Waals surface area contributed by atoms with Gasteiger partial charge in [0.05, 0.1) is 0 Å². The number of rotatable bonds is 7. The number of nitrogens with one attached hydrogen (secondary N) is 2. The monoisotopic (exact) mass is 488 g/mol. The molecule has 27 heavy (non-hydrogen) atoms. The van der Waals surface area contributed by atoms with Crippen LogP contribution in [0.25, 0.3) is 0 Å². The number of aromatic nitrogens is 4. The molecule has 10 heteroatoms. The Hall–Kier alpha value is -1.98. The van der Waals surface area contributed by atoms with E-state index >= 15 is 0 Å². The Bertz CT molecular complexity index is 709. The van der Waals surface area contributed by atoms with Gasteiger partial charge in [0.15, 0.2) is 17.6 Å². The third-order valence-electron chi connectivity index (χ3n) is 4.39. The van der Waals surface area contributed by atoms with Crippen molar-refractivity contribution < 1.29 is 4.39 Å². The van der Waals surface area contributed by atoms with Gasteiger partial charge in [-0.3, -0.25) is 4.99 Å². The van der Waals surface area contributed by atoms with Crippen LogP contribution in [-0.4, -0.2) is 58.4 Å². The minimum Gasteiger partial charge on any atom is -0.356 e. The summed E-state index contributed by atoms with van der Waals surface area (Å²) in [7, 11) is 1.76. The Balaban J connectivity index is 0.00000261. The number of hydrogen-bond donors (Lipinski definition) is 2. The maximum atomic E-state index is 13.9.